The van der Waals surface area contributed by atoms with E-state index in [-0.39, 0.29) is 32.5 Å². The van der Waals surface area contributed by atoms with Crippen LogP contribution in [0.5, 0.6) is 0 Å². The number of nitrogens with zero attached hydrogens (tertiary/aromatic N) is 4. The van der Waals surface area contributed by atoms with Crippen molar-refractivity contribution < 1.29 is 0 Å². The van der Waals surface area contributed by atoms with Crippen molar-refractivity contribution in [3.8, 4) is 0 Å². The van der Waals surface area contributed by atoms with E-state index < -0.39 is 0 Å². The molecule has 0 N–H and O–H groups in total. The standard InChI is InChI=1S/C78H90N4/c1-73(2,3)55-19-31-61(32-20-55)79(62-33-21-56(22-34-62)74(4,5)6)67-43-49-70(50-44-67)82(71-51-45-68(46-52-71)80(63-35-23-57(24-36-63)75(7,8)9)64-37-25-58(26-38-64)76(10,11)12)72-53-47-69(48-54-72)81(65-39-27-59(28-40-65)77(13,14)15)66-41-29-60(30-42-66)78(16,17)18/h19-54H,1-18H3. The Balaban J connectivity index is 1.17. The van der Waals surface area contributed by atoms with Crippen molar-refractivity contribution in [1.82, 2.24) is 0 Å². The zero-order valence-corrected chi connectivity index (χ0v) is 52.6. The van der Waals surface area contributed by atoms with Crippen LogP contribution in [0.3, 0.4) is 0 Å². The van der Waals surface area contributed by atoms with Crippen molar-refractivity contribution in [2.45, 2.75) is 157 Å². The van der Waals surface area contributed by atoms with E-state index in [0.717, 1.165) is 68.2 Å². The molecule has 0 aliphatic rings. The van der Waals surface area contributed by atoms with Gasteiger partial charge in [-0.25, -0.2) is 0 Å². The number of benzene rings is 9. The summed E-state index contributed by atoms with van der Waals surface area (Å²) in [7, 11) is 0. The first-order valence-corrected chi connectivity index (χ1v) is 29.6. The summed E-state index contributed by atoms with van der Waals surface area (Å²) in [6, 6.07) is 81.8. The fourth-order valence-electron chi connectivity index (χ4n) is 10.7. The third-order valence-electron chi connectivity index (χ3n) is 16.0. The summed E-state index contributed by atoms with van der Waals surface area (Å²) < 4.78 is 0. The molecule has 82 heavy (non-hydrogen) atoms. The van der Waals surface area contributed by atoms with Gasteiger partial charge in [-0.15, -0.1) is 0 Å². The van der Waals surface area contributed by atoms with Crippen LogP contribution in [0.2, 0.25) is 0 Å². The molecular formula is C78H90N4. The molecule has 0 bridgehead atoms. The van der Waals surface area contributed by atoms with Crippen LogP contribution in [0.15, 0.2) is 218 Å². The van der Waals surface area contributed by atoms with Gasteiger partial charge < -0.3 is 19.6 Å². The summed E-state index contributed by atoms with van der Waals surface area (Å²) in [5.41, 5.74) is 21.2. The van der Waals surface area contributed by atoms with Crippen molar-refractivity contribution in [3.63, 3.8) is 0 Å². The molecule has 0 radical (unpaired) electrons. The van der Waals surface area contributed by atoms with Gasteiger partial charge in [0.25, 0.3) is 0 Å². The van der Waals surface area contributed by atoms with E-state index in [1.807, 2.05) is 0 Å². The molecule has 0 aromatic heterocycles. The van der Waals surface area contributed by atoms with Crippen molar-refractivity contribution in [2.24, 2.45) is 0 Å². The predicted octanol–water partition coefficient (Wildman–Crippen LogP) is 23.4. The first-order valence-electron chi connectivity index (χ1n) is 29.6. The maximum atomic E-state index is 2.39. The van der Waals surface area contributed by atoms with Crippen LogP contribution in [-0.4, -0.2) is 0 Å². The van der Waals surface area contributed by atoms with Crippen LogP contribution >= 0.6 is 0 Å². The quantitative estimate of drug-likeness (QED) is 0.121. The number of hydrogen-bond acceptors (Lipinski definition) is 4. The van der Waals surface area contributed by atoms with Gasteiger partial charge in [0.05, 0.1) is 0 Å². The van der Waals surface area contributed by atoms with E-state index in [1.54, 1.807) is 0 Å². The highest BCUT2D eigenvalue weighted by molar-refractivity contribution is 5.85. The smallest absolute Gasteiger partial charge is 0.0463 e. The molecule has 0 spiro atoms. The van der Waals surface area contributed by atoms with Crippen LogP contribution in [-0.2, 0) is 32.5 Å². The molecule has 9 aromatic rings. The van der Waals surface area contributed by atoms with Gasteiger partial charge in [-0.2, -0.15) is 0 Å². The molecule has 0 atom stereocenters. The second kappa shape index (κ2) is 22.5. The van der Waals surface area contributed by atoms with Crippen molar-refractivity contribution in [2.75, 3.05) is 19.6 Å². The summed E-state index contributed by atoms with van der Waals surface area (Å²) in [5.74, 6) is 0. The normalized spacial score (nSPS) is 12.5. The SMILES string of the molecule is CC(C)(C)c1ccc(N(c2ccc(N(c3ccc(N(c4ccc(C(C)(C)C)cc4)c4ccc(C(C)(C)C)cc4)cc3)c3ccc(N(c4ccc(C(C)(C)C)cc4)c4ccc(C(C)(C)C)cc4)cc3)cc2)c2ccc(C(C)(C)C)cc2)cc1. The van der Waals surface area contributed by atoms with Gasteiger partial charge in [-0.3, -0.25) is 0 Å². The second-order valence-electron chi connectivity index (χ2n) is 28.7. The topological polar surface area (TPSA) is 13.0 Å². The Morgan fingerprint density at radius 2 is 0.207 bits per heavy atom. The Kier molecular flexibility index (Phi) is 16.1. The van der Waals surface area contributed by atoms with E-state index in [0.29, 0.717) is 0 Å². The molecule has 0 aliphatic carbocycles. The first kappa shape index (κ1) is 58.8. The van der Waals surface area contributed by atoms with Gasteiger partial charge in [0.1, 0.15) is 0 Å². The number of anilines is 12. The molecule has 0 saturated carbocycles. The molecule has 0 saturated heterocycles. The van der Waals surface area contributed by atoms with Crippen LogP contribution in [0, 0.1) is 0 Å². The van der Waals surface area contributed by atoms with Crippen LogP contribution in [0.25, 0.3) is 0 Å². The lowest BCUT2D eigenvalue weighted by Crippen LogP contribution is -2.15. The summed E-state index contributed by atoms with van der Waals surface area (Å²) in [5, 5.41) is 0. The van der Waals surface area contributed by atoms with Crippen LogP contribution < -0.4 is 19.6 Å². The van der Waals surface area contributed by atoms with Crippen molar-refractivity contribution in [3.05, 3.63) is 252 Å². The van der Waals surface area contributed by atoms with Gasteiger partial charge in [0.2, 0.25) is 0 Å². The molecule has 9 aromatic carbocycles. The Hall–Kier alpha value is -7.82. The highest BCUT2D eigenvalue weighted by Gasteiger charge is 2.24. The maximum Gasteiger partial charge on any atom is 0.0463 e. The minimum Gasteiger partial charge on any atom is -0.311 e. The lowest BCUT2D eigenvalue weighted by atomic mass is 9.86. The van der Waals surface area contributed by atoms with E-state index in [1.165, 1.54) is 33.4 Å². The van der Waals surface area contributed by atoms with Crippen LogP contribution in [0.1, 0.15) is 158 Å². The molecular weight excluding hydrogens is 993 g/mol. The maximum absolute atomic E-state index is 2.39. The molecule has 0 unspecified atom stereocenters. The molecule has 9 rings (SSSR count). The van der Waals surface area contributed by atoms with E-state index >= 15 is 0 Å². The molecule has 0 amide bonds. The number of rotatable bonds is 12. The predicted molar refractivity (Wildman–Crippen MR) is 357 cm³/mol. The fraction of sp³-hybridized carbons (Fsp3) is 0.308. The molecule has 4 heteroatoms. The van der Waals surface area contributed by atoms with Gasteiger partial charge in [-0.1, -0.05) is 197 Å². The Labute approximate surface area is 494 Å². The third-order valence-corrected chi connectivity index (χ3v) is 16.0. The molecule has 4 nitrogen and oxygen atoms in total. The lowest BCUT2D eigenvalue weighted by molar-refractivity contribution is 0.590. The Morgan fingerprint density at radius 3 is 0.280 bits per heavy atom. The average molecular weight is 1080 g/mol. The molecule has 0 heterocycles. The zero-order valence-electron chi connectivity index (χ0n) is 52.6. The highest BCUT2D eigenvalue weighted by atomic mass is 15.2. The third kappa shape index (κ3) is 13.2. The minimum atomic E-state index is 0.0423. The van der Waals surface area contributed by atoms with E-state index in [4.69, 9.17) is 0 Å². The van der Waals surface area contributed by atoms with E-state index in [9.17, 15) is 0 Å². The Bertz CT molecular complexity index is 2970. The minimum absolute atomic E-state index is 0.0423. The van der Waals surface area contributed by atoms with Gasteiger partial charge >= 0.3 is 0 Å². The number of hydrogen-bond donors (Lipinski definition) is 0. The average Bonchev–Trinajstić information content (AvgIpc) is 3.54. The summed E-state index contributed by atoms with van der Waals surface area (Å²) >= 11 is 0. The zero-order chi connectivity index (χ0) is 59.2. The summed E-state index contributed by atoms with van der Waals surface area (Å²) in [6.07, 6.45) is 0. The van der Waals surface area contributed by atoms with Gasteiger partial charge in [0.15, 0.2) is 0 Å². The van der Waals surface area contributed by atoms with Crippen molar-refractivity contribution >= 4 is 68.2 Å². The van der Waals surface area contributed by atoms with Crippen molar-refractivity contribution in [1.29, 1.82) is 0 Å². The van der Waals surface area contributed by atoms with Gasteiger partial charge in [-0.05, 0) is 211 Å². The molecule has 0 fully saturated rings. The summed E-state index contributed by atoms with van der Waals surface area (Å²) in [6.45, 7) is 40.9. The van der Waals surface area contributed by atoms with Crippen LogP contribution in [0.4, 0.5) is 68.2 Å². The molecule has 0 aliphatic heterocycles. The second-order valence-corrected chi connectivity index (χ2v) is 28.7. The monoisotopic (exact) mass is 1080 g/mol. The first-order chi connectivity index (χ1) is 38.4. The van der Waals surface area contributed by atoms with Gasteiger partial charge in [0, 0.05) is 68.2 Å². The molecule has 422 valence electrons. The van der Waals surface area contributed by atoms with E-state index in [2.05, 4.69) is 363 Å². The lowest BCUT2D eigenvalue weighted by Gasteiger charge is -2.31. The summed E-state index contributed by atoms with van der Waals surface area (Å²) in [4.78, 5) is 9.52. The highest BCUT2D eigenvalue weighted by Crippen LogP contribution is 2.45. The Morgan fingerprint density at radius 1 is 0.134 bits per heavy atom. The fourth-order valence-corrected chi connectivity index (χ4v) is 10.7. The largest absolute Gasteiger partial charge is 0.311 e.